The number of carbonyl (C=O) groups excluding carboxylic acids is 2. The predicted octanol–water partition coefficient (Wildman–Crippen LogP) is 1.26. The maximum atomic E-state index is 12.8. The number of nitrogens with zero attached hydrogens (tertiary/aromatic N) is 2. The van der Waals surface area contributed by atoms with Crippen molar-refractivity contribution in [3.63, 3.8) is 0 Å². The minimum atomic E-state index is -0.0175. The number of carbonyl (C=O) groups is 2. The Labute approximate surface area is 147 Å². The summed E-state index contributed by atoms with van der Waals surface area (Å²) >= 11 is 0. The molecule has 0 bridgehead atoms. The monoisotopic (exact) mass is 347 g/mol. The van der Waals surface area contributed by atoms with Gasteiger partial charge in [-0.1, -0.05) is 6.07 Å². The third-order valence-electron chi connectivity index (χ3n) is 4.92. The average Bonchev–Trinajstić information content (AvgIpc) is 3.08. The smallest absolute Gasteiger partial charge is 0.317 e. The quantitative estimate of drug-likeness (QED) is 0.871. The van der Waals surface area contributed by atoms with Crippen LogP contribution in [0.25, 0.3) is 0 Å². The standard InChI is InChI=1S/C18H25N3O4/c1-24-15-6-5-13(16(11-15)25-2)10-17(22)20-8-3-4-14(12-20)21-9-7-19-18(21)23/h5-6,11,14H,3-4,7-10,12H2,1-2H3,(H,19,23). The van der Waals surface area contributed by atoms with E-state index in [1.54, 1.807) is 20.3 Å². The third kappa shape index (κ3) is 3.81. The highest BCUT2D eigenvalue weighted by Gasteiger charge is 2.32. The molecule has 3 rings (SSSR count). The fraction of sp³-hybridized carbons (Fsp3) is 0.556. The van der Waals surface area contributed by atoms with Crippen molar-refractivity contribution in [1.29, 1.82) is 0 Å². The first-order valence-corrected chi connectivity index (χ1v) is 8.65. The van der Waals surface area contributed by atoms with Gasteiger partial charge in [-0.05, 0) is 18.9 Å². The number of hydrogen-bond donors (Lipinski definition) is 1. The van der Waals surface area contributed by atoms with Crippen LogP contribution in [-0.4, -0.2) is 68.2 Å². The lowest BCUT2D eigenvalue weighted by molar-refractivity contribution is -0.132. The van der Waals surface area contributed by atoms with E-state index in [-0.39, 0.29) is 24.4 Å². The number of nitrogens with one attached hydrogen (secondary N) is 1. The van der Waals surface area contributed by atoms with Crippen LogP contribution in [0.3, 0.4) is 0 Å². The van der Waals surface area contributed by atoms with Gasteiger partial charge in [0.1, 0.15) is 11.5 Å². The number of methoxy groups -OCH3 is 2. The number of piperidine rings is 1. The lowest BCUT2D eigenvalue weighted by Gasteiger charge is -2.37. The van der Waals surface area contributed by atoms with Gasteiger partial charge < -0.3 is 24.6 Å². The van der Waals surface area contributed by atoms with Crippen molar-refractivity contribution in [3.05, 3.63) is 23.8 Å². The molecule has 25 heavy (non-hydrogen) atoms. The Bertz CT molecular complexity index is 649. The molecule has 7 nitrogen and oxygen atoms in total. The largest absolute Gasteiger partial charge is 0.497 e. The molecule has 1 N–H and O–H groups in total. The second kappa shape index (κ2) is 7.63. The number of amides is 3. The molecule has 0 radical (unpaired) electrons. The molecule has 2 saturated heterocycles. The number of rotatable bonds is 5. The molecule has 0 saturated carbocycles. The topological polar surface area (TPSA) is 71.1 Å². The van der Waals surface area contributed by atoms with Gasteiger partial charge in [-0.15, -0.1) is 0 Å². The minimum absolute atomic E-state index is 0.0175. The summed E-state index contributed by atoms with van der Waals surface area (Å²) in [5, 5.41) is 2.83. The van der Waals surface area contributed by atoms with Gasteiger partial charge in [0, 0.05) is 37.8 Å². The Morgan fingerprint density at radius 2 is 2.12 bits per heavy atom. The first-order chi connectivity index (χ1) is 12.1. The van der Waals surface area contributed by atoms with Crippen molar-refractivity contribution < 1.29 is 19.1 Å². The normalized spacial score (nSPS) is 20.4. The van der Waals surface area contributed by atoms with E-state index in [0.717, 1.165) is 31.5 Å². The maximum absolute atomic E-state index is 12.8. The molecular weight excluding hydrogens is 322 g/mol. The second-order valence-electron chi connectivity index (χ2n) is 6.42. The lowest BCUT2D eigenvalue weighted by atomic mass is 10.0. The van der Waals surface area contributed by atoms with Gasteiger partial charge in [0.2, 0.25) is 5.91 Å². The molecule has 1 atom stereocenters. The molecule has 0 aliphatic carbocycles. The van der Waals surface area contributed by atoms with Gasteiger partial charge >= 0.3 is 6.03 Å². The van der Waals surface area contributed by atoms with Crippen molar-refractivity contribution in [1.82, 2.24) is 15.1 Å². The minimum Gasteiger partial charge on any atom is -0.497 e. The summed E-state index contributed by atoms with van der Waals surface area (Å²) in [7, 11) is 3.19. The number of benzene rings is 1. The van der Waals surface area contributed by atoms with Crippen LogP contribution in [0.4, 0.5) is 4.79 Å². The van der Waals surface area contributed by atoms with Gasteiger partial charge in [0.25, 0.3) is 0 Å². The Kier molecular flexibility index (Phi) is 5.31. The molecule has 7 heteroatoms. The Hall–Kier alpha value is -2.44. The molecule has 2 aliphatic rings. The molecule has 136 valence electrons. The van der Waals surface area contributed by atoms with E-state index in [1.807, 2.05) is 21.9 Å². The Morgan fingerprint density at radius 3 is 2.80 bits per heavy atom. The Balaban J connectivity index is 1.65. The molecule has 2 aliphatic heterocycles. The van der Waals surface area contributed by atoms with Crippen LogP contribution in [0.2, 0.25) is 0 Å². The first-order valence-electron chi connectivity index (χ1n) is 8.65. The summed E-state index contributed by atoms with van der Waals surface area (Å²) in [6.07, 6.45) is 2.15. The molecule has 1 aromatic carbocycles. The van der Waals surface area contributed by atoms with Crippen LogP contribution >= 0.6 is 0 Å². The molecule has 2 heterocycles. The summed E-state index contributed by atoms with van der Waals surface area (Å²) in [5.74, 6) is 1.42. The van der Waals surface area contributed by atoms with E-state index in [1.165, 1.54) is 0 Å². The highest BCUT2D eigenvalue weighted by molar-refractivity contribution is 5.80. The van der Waals surface area contributed by atoms with Crippen LogP contribution < -0.4 is 14.8 Å². The van der Waals surface area contributed by atoms with Crippen molar-refractivity contribution in [2.45, 2.75) is 25.3 Å². The van der Waals surface area contributed by atoms with Crippen molar-refractivity contribution in [3.8, 4) is 11.5 Å². The van der Waals surface area contributed by atoms with E-state index in [2.05, 4.69) is 5.32 Å². The highest BCUT2D eigenvalue weighted by atomic mass is 16.5. The molecule has 0 spiro atoms. The molecule has 0 aromatic heterocycles. The summed E-state index contributed by atoms with van der Waals surface area (Å²) in [6.45, 7) is 2.75. The number of urea groups is 1. The molecular formula is C18H25N3O4. The maximum Gasteiger partial charge on any atom is 0.317 e. The fourth-order valence-electron chi connectivity index (χ4n) is 3.54. The fourth-order valence-corrected chi connectivity index (χ4v) is 3.54. The molecule has 3 amide bonds. The average molecular weight is 347 g/mol. The lowest BCUT2D eigenvalue weighted by Crippen LogP contribution is -2.51. The van der Waals surface area contributed by atoms with Gasteiger partial charge in [0.15, 0.2) is 0 Å². The molecule has 1 aromatic rings. The van der Waals surface area contributed by atoms with Crippen molar-refractivity contribution in [2.75, 3.05) is 40.4 Å². The summed E-state index contributed by atoms with van der Waals surface area (Å²) in [5.41, 5.74) is 0.842. The van der Waals surface area contributed by atoms with Crippen LogP contribution in [0.1, 0.15) is 18.4 Å². The van der Waals surface area contributed by atoms with Crippen LogP contribution in [0.15, 0.2) is 18.2 Å². The summed E-state index contributed by atoms with van der Waals surface area (Å²) in [6, 6.07) is 5.58. The number of ether oxygens (including phenoxy) is 2. The van der Waals surface area contributed by atoms with Gasteiger partial charge in [-0.25, -0.2) is 4.79 Å². The van der Waals surface area contributed by atoms with Crippen LogP contribution in [0.5, 0.6) is 11.5 Å². The molecule has 2 fully saturated rings. The molecule has 1 unspecified atom stereocenters. The van der Waals surface area contributed by atoms with E-state index in [4.69, 9.17) is 9.47 Å². The van der Waals surface area contributed by atoms with E-state index in [0.29, 0.717) is 24.6 Å². The third-order valence-corrected chi connectivity index (χ3v) is 4.92. The predicted molar refractivity (Wildman–Crippen MR) is 93.0 cm³/mol. The zero-order chi connectivity index (χ0) is 17.8. The Morgan fingerprint density at radius 1 is 1.28 bits per heavy atom. The van der Waals surface area contributed by atoms with Crippen LogP contribution in [0, 0.1) is 0 Å². The van der Waals surface area contributed by atoms with Crippen molar-refractivity contribution in [2.24, 2.45) is 0 Å². The zero-order valence-corrected chi connectivity index (χ0v) is 14.8. The van der Waals surface area contributed by atoms with E-state index in [9.17, 15) is 9.59 Å². The van der Waals surface area contributed by atoms with Gasteiger partial charge in [-0.2, -0.15) is 0 Å². The van der Waals surface area contributed by atoms with Gasteiger partial charge in [0.05, 0.1) is 26.7 Å². The zero-order valence-electron chi connectivity index (χ0n) is 14.8. The van der Waals surface area contributed by atoms with Crippen LogP contribution in [-0.2, 0) is 11.2 Å². The van der Waals surface area contributed by atoms with E-state index >= 15 is 0 Å². The number of hydrogen-bond acceptors (Lipinski definition) is 4. The summed E-state index contributed by atoms with van der Waals surface area (Å²) in [4.78, 5) is 28.3. The number of likely N-dealkylation sites (tertiary alicyclic amines) is 1. The highest BCUT2D eigenvalue weighted by Crippen LogP contribution is 2.26. The SMILES string of the molecule is COc1ccc(CC(=O)N2CCCC(N3CCNC3=O)C2)c(OC)c1. The van der Waals surface area contributed by atoms with Crippen molar-refractivity contribution >= 4 is 11.9 Å². The second-order valence-corrected chi connectivity index (χ2v) is 6.42. The first kappa shape index (κ1) is 17.4. The summed E-state index contributed by atoms with van der Waals surface area (Å²) < 4.78 is 10.6. The van der Waals surface area contributed by atoms with Gasteiger partial charge in [-0.3, -0.25) is 4.79 Å². The van der Waals surface area contributed by atoms with E-state index < -0.39 is 0 Å².